The van der Waals surface area contributed by atoms with Gasteiger partial charge in [0.25, 0.3) is 0 Å². The number of hydrogen-bond acceptors (Lipinski definition) is 6. The maximum absolute atomic E-state index is 8.33. The van der Waals surface area contributed by atoms with Gasteiger partial charge in [0, 0.05) is 0 Å². The molecule has 0 heterocycles. The Morgan fingerprint density at radius 2 is 0.750 bits per heavy atom. The molecule has 0 radical (unpaired) electrons. The topological polar surface area (TPSA) is 126 Å². The van der Waals surface area contributed by atoms with Gasteiger partial charge in [-0.15, -0.1) is 0 Å². The molecule has 0 fully saturated rings. The summed E-state index contributed by atoms with van der Waals surface area (Å²) in [6, 6.07) is 0. The average Bonchev–Trinajstić information content (AvgIpc) is 1.25. The standard InChI is InChI=1S/2CH2O3.2Ca.ClH.Na/c2*2-1(3)4;;;;/h2*(H2,2,3,4);;;1H;/q;;2*+2;;+1/p-5. The molecule has 0 N–H and O–H groups in total. The predicted molar refractivity (Wildman–Crippen MR) is 22.3 cm³/mol. The summed E-state index contributed by atoms with van der Waals surface area (Å²) in [7, 11) is 0. The Morgan fingerprint density at radius 1 is 0.750 bits per heavy atom. The summed E-state index contributed by atoms with van der Waals surface area (Å²) >= 11 is 0. The van der Waals surface area contributed by atoms with Gasteiger partial charge in [-0.25, -0.2) is 0 Å². The summed E-state index contributed by atoms with van der Waals surface area (Å²) < 4.78 is 0. The first-order valence-corrected chi connectivity index (χ1v) is 1.22. The molecule has 0 saturated carbocycles. The Bertz CT molecular complexity index is 81.5. The monoisotopic (exact) mass is 258 g/mol. The van der Waals surface area contributed by atoms with Crippen molar-refractivity contribution in [3.63, 3.8) is 0 Å². The van der Waals surface area contributed by atoms with E-state index in [9.17, 15) is 0 Å². The third-order valence-corrected chi connectivity index (χ3v) is 0. The van der Waals surface area contributed by atoms with E-state index in [1.807, 2.05) is 0 Å². The summed E-state index contributed by atoms with van der Waals surface area (Å²) in [5, 5.41) is 33.3. The SMILES string of the molecule is O=C([O-])[O-].O=C([O-])[O-].[Ca+2].[Ca+2].[Cl-].[Na+]. The Morgan fingerprint density at radius 3 is 0.750 bits per heavy atom. The molecule has 0 aliphatic heterocycles. The van der Waals surface area contributed by atoms with Crippen molar-refractivity contribution in [3.05, 3.63) is 0 Å². The minimum Gasteiger partial charge on any atom is -1.00 e. The molecule has 0 atom stereocenters. The summed E-state index contributed by atoms with van der Waals surface area (Å²) in [6.07, 6.45) is -4.67. The van der Waals surface area contributed by atoms with Gasteiger partial charge in [0.2, 0.25) is 0 Å². The van der Waals surface area contributed by atoms with Gasteiger partial charge in [0.15, 0.2) is 0 Å². The van der Waals surface area contributed by atoms with E-state index in [2.05, 4.69) is 0 Å². The summed E-state index contributed by atoms with van der Waals surface area (Å²) in [5.41, 5.74) is 0. The first kappa shape index (κ1) is 36.7. The van der Waals surface area contributed by atoms with Gasteiger partial charge in [-0.3, -0.25) is 0 Å². The van der Waals surface area contributed by atoms with Crippen molar-refractivity contribution < 1.29 is 72.0 Å². The molecule has 0 saturated heterocycles. The van der Waals surface area contributed by atoms with Crippen LogP contribution < -0.4 is 62.4 Å². The Labute approximate surface area is 156 Å². The zero-order valence-electron chi connectivity index (χ0n) is 6.24. The smallest absolute Gasteiger partial charge is 1.00 e. The third kappa shape index (κ3) is 288. The van der Waals surface area contributed by atoms with Gasteiger partial charge >= 0.3 is 105 Å². The molecule has 0 unspecified atom stereocenters. The average molecular weight is 259 g/mol. The number of halogens is 1. The molecule has 10 heteroatoms. The van der Waals surface area contributed by atoms with E-state index in [-0.39, 0.29) is 117 Å². The van der Waals surface area contributed by atoms with E-state index >= 15 is 0 Å². The molecule has 0 bridgehead atoms. The number of hydrogen-bond donors (Lipinski definition) is 0. The quantitative estimate of drug-likeness (QED) is 0.397. The minimum atomic E-state index is -2.33. The molecule has 0 aromatic heterocycles. The van der Waals surface area contributed by atoms with Crippen LogP contribution in [0, 0.1) is 0 Å². The van der Waals surface area contributed by atoms with Crippen molar-refractivity contribution in [2.24, 2.45) is 0 Å². The minimum absolute atomic E-state index is 0. The molecule has 0 spiro atoms. The second-order valence-corrected chi connectivity index (χ2v) is 0.500. The molecule has 0 aliphatic carbocycles. The van der Waals surface area contributed by atoms with Crippen LogP contribution in [-0.2, 0) is 0 Å². The fraction of sp³-hybridized carbons (Fsp3) is 0. The Hall–Kier alpha value is 2.35. The first-order valence-electron chi connectivity index (χ1n) is 1.22. The van der Waals surface area contributed by atoms with Gasteiger partial charge in [-0.1, -0.05) is 0 Å². The fourth-order valence-electron chi connectivity index (χ4n) is 0. The summed E-state index contributed by atoms with van der Waals surface area (Å²) in [4.78, 5) is 16.7. The first-order chi connectivity index (χ1) is 3.46. The van der Waals surface area contributed by atoms with Crippen LogP contribution in [0.5, 0.6) is 0 Å². The van der Waals surface area contributed by atoms with Crippen LogP contribution in [-0.4, -0.2) is 87.8 Å². The van der Waals surface area contributed by atoms with Crippen molar-refractivity contribution in [3.8, 4) is 0 Å². The number of carboxylic acid groups (broad SMARTS) is 4. The molecule has 0 amide bonds. The van der Waals surface area contributed by atoms with E-state index in [0.29, 0.717) is 0 Å². The maximum Gasteiger partial charge on any atom is 2.00 e. The van der Waals surface area contributed by atoms with E-state index in [1.54, 1.807) is 0 Å². The second-order valence-electron chi connectivity index (χ2n) is 0.500. The van der Waals surface area contributed by atoms with E-state index in [0.717, 1.165) is 0 Å². The molecule has 0 rings (SSSR count). The van der Waals surface area contributed by atoms with Gasteiger partial charge in [-0.2, -0.15) is 0 Å². The predicted octanol–water partition coefficient (Wildman–Crippen LogP) is -11.6. The van der Waals surface area contributed by atoms with Gasteiger partial charge in [0.1, 0.15) is 0 Å². The zero-order valence-corrected chi connectivity index (χ0v) is 13.4. The summed E-state index contributed by atoms with van der Waals surface area (Å²) in [5.74, 6) is 0. The van der Waals surface area contributed by atoms with Crippen LogP contribution in [0.3, 0.4) is 0 Å². The summed E-state index contributed by atoms with van der Waals surface area (Å²) in [6.45, 7) is 0. The fourth-order valence-corrected chi connectivity index (χ4v) is 0. The van der Waals surface area contributed by atoms with Crippen LogP contribution in [0.15, 0.2) is 0 Å². The molecular weight excluding hydrogens is 259 g/mol. The normalized spacial score (nSPS) is 4.00. The molecule has 0 aliphatic rings. The molecule has 12 heavy (non-hydrogen) atoms. The van der Waals surface area contributed by atoms with Crippen molar-refractivity contribution in [2.45, 2.75) is 0 Å². The largest absolute Gasteiger partial charge is 2.00 e. The third-order valence-electron chi connectivity index (χ3n) is 0. The Kier molecular flexibility index (Phi) is 89.3. The number of carbonyl (C=O) groups excluding carboxylic acids is 2. The van der Waals surface area contributed by atoms with Crippen LogP contribution in [0.1, 0.15) is 0 Å². The zero-order chi connectivity index (χ0) is 7.15. The van der Waals surface area contributed by atoms with Gasteiger partial charge < -0.3 is 42.4 Å². The molecule has 56 valence electrons. The number of carbonyl (C=O) groups is 2. The van der Waals surface area contributed by atoms with E-state index < -0.39 is 12.3 Å². The maximum atomic E-state index is 8.33. The van der Waals surface area contributed by atoms with Crippen molar-refractivity contribution >= 4 is 87.8 Å². The van der Waals surface area contributed by atoms with Crippen LogP contribution in [0.25, 0.3) is 0 Å². The van der Waals surface area contributed by atoms with Crippen molar-refractivity contribution in [1.82, 2.24) is 0 Å². The number of rotatable bonds is 0. The Balaban J connectivity index is -0.0000000112. The molecule has 6 nitrogen and oxygen atoms in total. The van der Waals surface area contributed by atoms with Crippen LogP contribution >= 0.6 is 0 Å². The molecule has 0 aromatic rings. The van der Waals surface area contributed by atoms with Crippen LogP contribution in [0.4, 0.5) is 9.59 Å². The van der Waals surface area contributed by atoms with E-state index in [4.69, 9.17) is 30.0 Å². The van der Waals surface area contributed by atoms with Gasteiger partial charge in [0.05, 0.1) is 0 Å². The van der Waals surface area contributed by atoms with Crippen molar-refractivity contribution in [1.29, 1.82) is 0 Å². The van der Waals surface area contributed by atoms with Crippen LogP contribution in [0.2, 0.25) is 0 Å². The van der Waals surface area contributed by atoms with Crippen molar-refractivity contribution in [2.75, 3.05) is 0 Å². The second kappa shape index (κ2) is 29.2. The van der Waals surface area contributed by atoms with Gasteiger partial charge in [-0.05, 0) is 12.3 Å². The molecule has 0 aromatic carbocycles. The van der Waals surface area contributed by atoms with E-state index in [1.165, 1.54) is 0 Å². The molecular formula is C2Ca2ClNaO6.